The summed E-state index contributed by atoms with van der Waals surface area (Å²) in [5.74, 6) is 1.95. The number of methoxy groups -OCH3 is 2. The average Bonchev–Trinajstić information content (AvgIpc) is 3.11. The molecule has 0 saturated carbocycles. The Labute approximate surface area is 179 Å². The van der Waals surface area contributed by atoms with Gasteiger partial charge in [0.1, 0.15) is 11.5 Å². The van der Waals surface area contributed by atoms with Gasteiger partial charge in [-0.05, 0) is 74.7 Å². The monoisotopic (exact) mass is 405 g/mol. The highest BCUT2D eigenvalue weighted by atomic mass is 16.5. The van der Waals surface area contributed by atoms with Crippen molar-refractivity contribution in [2.24, 2.45) is 0 Å². The molecule has 0 unspecified atom stereocenters. The number of carbonyl (C=O) groups is 1. The van der Waals surface area contributed by atoms with Crippen molar-refractivity contribution in [3.63, 3.8) is 0 Å². The van der Waals surface area contributed by atoms with E-state index in [1.807, 2.05) is 61.5 Å². The number of fused-ring (bicyclic) bond motifs is 1. The molecule has 3 aromatic carbocycles. The normalized spacial score (nSPS) is 11.2. The molecule has 0 aromatic heterocycles. The second-order valence-corrected chi connectivity index (χ2v) is 7.35. The molecule has 0 bridgehead atoms. The van der Waals surface area contributed by atoms with Crippen molar-refractivity contribution in [2.45, 2.75) is 34.1 Å². The predicted octanol–water partition coefficient (Wildman–Crippen LogP) is 5.81. The van der Waals surface area contributed by atoms with Gasteiger partial charge in [-0.1, -0.05) is 41.5 Å². The summed E-state index contributed by atoms with van der Waals surface area (Å²) in [4.78, 5) is 10.9. The van der Waals surface area contributed by atoms with E-state index in [4.69, 9.17) is 9.47 Å². The number of rotatable bonds is 2. The predicted molar refractivity (Wildman–Crippen MR) is 124 cm³/mol. The number of benzene rings is 3. The zero-order valence-corrected chi connectivity index (χ0v) is 18.7. The molecule has 0 saturated heterocycles. The summed E-state index contributed by atoms with van der Waals surface area (Å²) < 4.78 is 10.0. The standard InChI is InChI=1S/C9H9NO.C9H12O.C8H10O/c1-6-2-3-8-7(4-6)5-9(11)10-8;1-7-4-5-9(10-3)6-8(7)2;1-7-3-5-8(9-2)6-4-7/h2-4H,5H2,1H3,(H,10,11);4-6H,1-3H3;3-6H,1-2H3. The molecular formula is C26H31NO3. The van der Waals surface area contributed by atoms with E-state index in [2.05, 4.69) is 32.2 Å². The lowest BCUT2D eigenvalue weighted by atomic mass is 10.1. The minimum Gasteiger partial charge on any atom is -0.497 e. The fourth-order valence-electron chi connectivity index (χ4n) is 2.87. The highest BCUT2D eigenvalue weighted by Gasteiger charge is 2.16. The number of carbonyl (C=O) groups excluding carboxylic acids is 1. The largest absolute Gasteiger partial charge is 0.497 e. The van der Waals surface area contributed by atoms with Crippen molar-refractivity contribution in [1.29, 1.82) is 0 Å². The Bertz CT molecular complexity index is 978. The van der Waals surface area contributed by atoms with E-state index in [9.17, 15) is 4.79 Å². The maximum Gasteiger partial charge on any atom is 0.228 e. The molecule has 3 aromatic rings. The maximum atomic E-state index is 10.9. The van der Waals surface area contributed by atoms with E-state index in [1.165, 1.54) is 22.3 Å². The first kappa shape index (κ1) is 23.0. The first-order valence-corrected chi connectivity index (χ1v) is 9.93. The second kappa shape index (κ2) is 11.1. The lowest BCUT2D eigenvalue weighted by Gasteiger charge is -2.02. The number of hydrogen-bond acceptors (Lipinski definition) is 3. The van der Waals surface area contributed by atoms with Gasteiger partial charge >= 0.3 is 0 Å². The fourth-order valence-corrected chi connectivity index (χ4v) is 2.87. The summed E-state index contributed by atoms with van der Waals surface area (Å²) in [6, 6.07) is 20.0. The van der Waals surface area contributed by atoms with Crippen LogP contribution >= 0.6 is 0 Å². The van der Waals surface area contributed by atoms with Crippen molar-refractivity contribution in [1.82, 2.24) is 0 Å². The van der Waals surface area contributed by atoms with Gasteiger partial charge in [0.25, 0.3) is 0 Å². The molecule has 0 atom stereocenters. The molecule has 1 aliphatic heterocycles. The molecule has 1 heterocycles. The Balaban J connectivity index is 0.000000161. The Morgan fingerprint density at radius 1 is 0.700 bits per heavy atom. The van der Waals surface area contributed by atoms with Crippen molar-refractivity contribution < 1.29 is 14.3 Å². The number of anilines is 1. The van der Waals surface area contributed by atoms with E-state index >= 15 is 0 Å². The lowest BCUT2D eigenvalue weighted by molar-refractivity contribution is -0.115. The van der Waals surface area contributed by atoms with Crippen molar-refractivity contribution in [3.8, 4) is 11.5 Å². The molecule has 0 aliphatic carbocycles. The van der Waals surface area contributed by atoms with Crippen molar-refractivity contribution >= 4 is 11.6 Å². The molecule has 4 heteroatoms. The quantitative estimate of drug-likeness (QED) is 0.586. The van der Waals surface area contributed by atoms with E-state index in [0.717, 1.165) is 22.7 Å². The first-order chi connectivity index (χ1) is 14.3. The van der Waals surface area contributed by atoms with Crippen LogP contribution in [-0.4, -0.2) is 20.1 Å². The van der Waals surface area contributed by atoms with Gasteiger partial charge in [-0.25, -0.2) is 0 Å². The van der Waals surface area contributed by atoms with Gasteiger partial charge < -0.3 is 14.8 Å². The third kappa shape index (κ3) is 6.96. The van der Waals surface area contributed by atoms with Crippen LogP contribution in [0.3, 0.4) is 0 Å². The average molecular weight is 406 g/mol. The summed E-state index contributed by atoms with van der Waals surface area (Å²) in [6.07, 6.45) is 0.539. The summed E-state index contributed by atoms with van der Waals surface area (Å²) in [6.45, 7) is 8.26. The van der Waals surface area contributed by atoms with Gasteiger partial charge in [0.15, 0.2) is 0 Å². The molecule has 158 valence electrons. The van der Waals surface area contributed by atoms with Gasteiger partial charge in [0, 0.05) is 5.69 Å². The van der Waals surface area contributed by atoms with Crippen LogP contribution in [0, 0.1) is 27.7 Å². The Kier molecular flexibility index (Phi) is 8.48. The van der Waals surface area contributed by atoms with Crippen LogP contribution in [-0.2, 0) is 11.2 Å². The topological polar surface area (TPSA) is 47.6 Å². The van der Waals surface area contributed by atoms with Crippen LogP contribution in [0.4, 0.5) is 5.69 Å². The van der Waals surface area contributed by atoms with Crippen LogP contribution in [0.2, 0.25) is 0 Å². The van der Waals surface area contributed by atoms with Gasteiger partial charge in [0.05, 0.1) is 20.6 Å². The molecule has 30 heavy (non-hydrogen) atoms. The van der Waals surface area contributed by atoms with Crippen LogP contribution in [0.1, 0.15) is 27.8 Å². The Hall–Kier alpha value is -3.27. The highest BCUT2D eigenvalue weighted by Crippen LogP contribution is 2.23. The zero-order valence-electron chi connectivity index (χ0n) is 18.7. The summed E-state index contributed by atoms with van der Waals surface area (Å²) in [5.41, 5.74) is 7.15. The van der Waals surface area contributed by atoms with Crippen molar-refractivity contribution in [2.75, 3.05) is 19.5 Å². The molecule has 1 aliphatic rings. The molecule has 0 radical (unpaired) electrons. The molecule has 0 spiro atoms. The molecular weight excluding hydrogens is 374 g/mol. The molecule has 1 N–H and O–H groups in total. The summed E-state index contributed by atoms with van der Waals surface area (Å²) >= 11 is 0. The minimum atomic E-state index is 0.102. The third-order valence-corrected chi connectivity index (χ3v) is 4.86. The maximum absolute atomic E-state index is 10.9. The van der Waals surface area contributed by atoms with Gasteiger partial charge in [0.2, 0.25) is 5.91 Å². The number of nitrogens with one attached hydrogen (secondary N) is 1. The zero-order chi connectivity index (χ0) is 22.1. The third-order valence-electron chi connectivity index (χ3n) is 4.86. The Morgan fingerprint density at radius 3 is 1.90 bits per heavy atom. The molecule has 4 rings (SSSR count). The molecule has 1 amide bonds. The number of hydrogen-bond donors (Lipinski definition) is 1. The van der Waals surface area contributed by atoms with Gasteiger partial charge in [-0.15, -0.1) is 0 Å². The van der Waals surface area contributed by atoms with E-state index < -0.39 is 0 Å². The fraction of sp³-hybridized carbons (Fsp3) is 0.269. The molecule has 0 fully saturated rings. The SMILES string of the molecule is COc1ccc(C)c(C)c1.COc1ccc(C)cc1.Cc1ccc2c(c1)CC(=O)N2. The number of ether oxygens (including phenoxy) is 2. The first-order valence-electron chi connectivity index (χ1n) is 9.93. The van der Waals surface area contributed by atoms with Crippen LogP contribution in [0.5, 0.6) is 11.5 Å². The van der Waals surface area contributed by atoms with E-state index in [1.54, 1.807) is 14.2 Å². The van der Waals surface area contributed by atoms with E-state index in [-0.39, 0.29) is 5.91 Å². The summed E-state index contributed by atoms with van der Waals surface area (Å²) in [7, 11) is 3.36. The number of aryl methyl sites for hydroxylation is 4. The second-order valence-electron chi connectivity index (χ2n) is 7.35. The Morgan fingerprint density at radius 2 is 1.30 bits per heavy atom. The van der Waals surface area contributed by atoms with Crippen molar-refractivity contribution in [3.05, 3.63) is 88.5 Å². The van der Waals surface area contributed by atoms with Crippen LogP contribution < -0.4 is 14.8 Å². The molecule has 4 nitrogen and oxygen atoms in total. The minimum absolute atomic E-state index is 0.102. The van der Waals surface area contributed by atoms with E-state index in [0.29, 0.717) is 6.42 Å². The van der Waals surface area contributed by atoms with Gasteiger partial charge in [-0.3, -0.25) is 4.79 Å². The van der Waals surface area contributed by atoms with Gasteiger partial charge in [-0.2, -0.15) is 0 Å². The highest BCUT2D eigenvalue weighted by molar-refractivity contribution is 5.99. The summed E-state index contributed by atoms with van der Waals surface area (Å²) in [5, 5.41) is 2.79. The number of amides is 1. The lowest BCUT2D eigenvalue weighted by Crippen LogP contribution is -2.03. The van der Waals surface area contributed by atoms with Crippen LogP contribution in [0.25, 0.3) is 0 Å². The van der Waals surface area contributed by atoms with Crippen LogP contribution in [0.15, 0.2) is 60.7 Å². The smallest absolute Gasteiger partial charge is 0.228 e.